The van der Waals surface area contributed by atoms with Gasteiger partial charge < -0.3 is 9.53 Å². The first kappa shape index (κ1) is 9.41. The third-order valence-electron chi connectivity index (χ3n) is 2.64. The molecule has 0 saturated carbocycles. The summed E-state index contributed by atoms with van der Waals surface area (Å²) in [6.45, 7) is 0. The summed E-state index contributed by atoms with van der Waals surface area (Å²) in [7, 11) is 0. The largest absolute Gasteiger partial charge is 0.370 e. The fourth-order valence-electron chi connectivity index (χ4n) is 1.90. The first-order valence-electron chi connectivity index (χ1n) is 5.04. The summed E-state index contributed by atoms with van der Waals surface area (Å²) in [4.78, 5) is 10.3. The van der Waals surface area contributed by atoms with Gasteiger partial charge in [-0.1, -0.05) is 30.3 Å². The lowest BCUT2D eigenvalue weighted by Crippen LogP contribution is -2.06. The first-order valence-corrected chi connectivity index (χ1v) is 5.04. The average Bonchev–Trinajstić information content (AvgIpc) is 2.68. The fraction of sp³-hybridized carbons (Fsp3) is 0.417. The molecule has 1 saturated heterocycles. The van der Waals surface area contributed by atoms with E-state index in [9.17, 15) is 4.79 Å². The lowest BCUT2D eigenvalue weighted by atomic mass is 10.1. The molecule has 2 rings (SSSR count). The minimum Gasteiger partial charge on any atom is -0.370 e. The molecule has 2 heteroatoms. The molecule has 0 radical (unpaired) electrons. The van der Waals surface area contributed by atoms with E-state index in [2.05, 4.69) is 12.1 Å². The molecule has 1 aliphatic heterocycles. The molecule has 0 aliphatic carbocycles. The highest BCUT2D eigenvalue weighted by atomic mass is 16.5. The summed E-state index contributed by atoms with van der Waals surface area (Å²) in [5.41, 5.74) is 1.22. The summed E-state index contributed by atoms with van der Waals surface area (Å²) in [5, 5.41) is 0. The third kappa shape index (κ3) is 2.02. The summed E-state index contributed by atoms with van der Waals surface area (Å²) in [6.07, 6.45) is 3.83. The second kappa shape index (κ2) is 4.38. The highest BCUT2D eigenvalue weighted by molar-refractivity contribution is 5.50. The van der Waals surface area contributed by atoms with Crippen molar-refractivity contribution in [3.8, 4) is 0 Å². The number of aldehydes is 1. The van der Waals surface area contributed by atoms with Crippen LogP contribution in [0.25, 0.3) is 0 Å². The lowest BCUT2D eigenvalue weighted by Gasteiger charge is -2.11. The Morgan fingerprint density at radius 1 is 1.29 bits per heavy atom. The van der Waals surface area contributed by atoms with Crippen LogP contribution in [0.2, 0.25) is 0 Å². The zero-order valence-electron chi connectivity index (χ0n) is 8.06. The Kier molecular flexibility index (Phi) is 2.94. The quantitative estimate of drug-likeness (QED) is 0.684. The maximum atomic E-state index is 10.3. The summed E-state index contributed by atoms with van der Waals surface area (Å²) >= 11 is 0. The summed E-state index contributed by atoms with van der Waals surface area (Å²) < 4.78 is 5.76. The first-order chi connectivity index (χ1) is 6.90. The number of benzene rings is 1. The van der Waals surface area contributed by atoms with Crippen LogP contribution in [0.5, 0.6) is 0 Å². The van der Waals surface area contributed by atoms with E-state index < -0.39 is 0 Å². The van der Waals surface area contributed by atoms with Crippen molar-refractivity contribution in [3.63, 3.8) is 0 Å². The predicted molar refractivity (Wildman–Crippen MR) is 54.0 cm³/mol. The van der Waals surface area contributed by atoms with Gasteiger partial charge >= 0.3 is 0 Å². The van der Waals surface area contributed by atoms with Gasteiger partial charge in [0.05, 0.1) is 12.2 Å². The van der Waals surface area contributed by atoms with Crippen LogP contribution in [0, 0.1) is 0 Å². The van der Waals surface area contributed by atoms with Gasteiger partial charge in [-0.3, -0.25) is 0 Å². The van der Waals surface area contributed by atoms with Gasteiger partial charge in [0, 0.05) is 6.42 Å². The Bertz CT molecular complexity index is 294. The van der Waals surface area contributed by atoms with E-state index in [1.807, 2.05) is 18.2 Å². The fourth-order valence-corrected chi connectivity index (χ4v) is 1.90. The standard InChI is InChI=1S/C12H14O2/c13-9-8-11-6-7-12(14-11)10-4-2-1-3-5-10/h1-5,9,11-12H,6-8H2. The molecule has 1 fully saturated rings. The minimum atomic E-state index is 0.137. The maximum absolute atomic E-state index is 10.3. The smallest absolute Gasteiger partial charge is 0.122 e. The van der Waals surface area contributed by atoms with Crippen LogP contribution in [0.4, 0.5) is 0 Å². The molecule has 0 bridgehead atoms. The van der Waals surface area contributed by atoms with E-state index >= 15 is 0 Å². The van der Waals surface area contributed by atoms with E-state index in [0.29, 0.717) is 6.42 Å². The number of hydrogen-bond acceptors (Lipinski definition) is 2. The Morgan fingerprint density at radius 3 is 2.79 bits per heavy atom. The van der Waals surface area contributed by atoms with Crippen LogP contribution in [0.1, 0.15) is 30.9 Å². The van der Waals surface area contributed by atoms with Crippen molar-refractivity contribution < 1.29 is 9.53 Å². The summed E-state index contributed by atoms with van der Waals surface area (Å²) in [5.74, 6) is 0. The summed E-state index contributed by atoms with van der Waals surface area (Å²) in [6, 6.07) is 10.2. The van der Waals surface area contributed by atoms with Gasteiger partial charge in [-0.15, -0.1) is 0 Å². The van der Waals surface area contributed by atoms with Crippen molar-refractivity contribution in [2.45, 2.75) is 31.5 Å². The average molecular weight is 190 g/mol. The van der Waals surface area contributed by atoms with E-state index in [0.717, 1.165) is 19.1 Å². The minimum absolute atomic E-state index is 0.137. The SMILES string of the molecule is O=CCC1CCC(c2ccccc2)O1. The Labute approximate surface area is 83.9 Å². The number of ether oxygens (including phenoxy) is 1. The van der Waals surface area contributed by atoms with Gasteiger partial charge in [-0.2, -0.15) is 0 Å². The van der Waals surface area contributed by atoms with Gasteiger partial charge in [0.25, 0.3) is 0 Å². The van der Waals surface area contributed by atoms with Crippen molar-refractivity contribution in [3.05, 3.63) is 35.9 Å². The number of rotatable bonds is 3. The van der Waals surface area contributed by atoms with Crippen LogP contribution >= 0.6 is 0 Å². The Hall–Kier alpha value is -1.15. The third-order valence-corrected chi connectivity index (χ3v) is 2.64. The van der Waals surface area contributed by atoms with Gasteiger partial charge in [0.1, 0.15) is 6.29 Å². The molecule has 2 unspecified atom stereocenters. The molecular formula is C12H14O2. The van der Waals surface area contributed by atoms with E-state index in [-0.39, 0.29) is 12.2 Å². The molecule has 2 nitrogen and oxygen atoms in total. The van der Waals surface area contributed by atoms with Crippen LogP contribution in [0.3, 0.4) is 0 Å². The van der Waals surface area contributed by atoms with Crippen molar-refractivity contribution in [2.24, 2.45) is 0 Å². The van der Waals surface area contributed by atoms with Crippen LogP contribution in [-0.4, -0.2) is 12.4 Å². The van der Waals surface area contributed by atoms with Crippen molar-refractivity contribution >= 4 is 6.29 Å². The number of carbonyl (C=O) groups is 1. The topological polar surface area (TPSA) is 26.3 Å². The zero-order valence-corrected chi connectivity index (χ0v) is 8.06. The van der Waals surface area contributed by atoms with E-state index in [4.69, 9.17) is 4.74 Å². The Morgan fingerprint density at radius 2 is 2.07 bits per heavy atom. The maximum Gasteiger partial charge on any atom is 0.122 e. The van der Waals surface area contributed by atoms with Gasteiger partial charge in [0.15, 0.2) is 0 Å². The van der Waals surface area contributed by atoms with E-state index in [1.54, 1.807) is 0 Å². The zero-order chi connectivity index (χ0) is 9.80. The molecule has 0 amide bonds. The van der Waals surface area contributed by atoms with Crippen LogP contribution < -0.4 is 0 Å². The van der Waals surface area contributed by atoms with Gasteiger partial charge in [0.2, 0.25) is 0 Å². The Balaban J connectivity index is 1.99. The molecule has 0 N–H and O–H groups in total. The monoisotopic (exact) mass is 190 g/mol. The number of hydrogen-bond donors (Lipinski definition) is 0. The molecular weight excluding hydrogens is 176 g/mol. The molecule has 2 atom stereocenters. The second-order valence-electron chi connectivity index (χ2n) is 3.64. The molecule has 0 spiro atoms. The molecule has 1 aliphatic rings. The highest BCUT2D eigenvalue weighted by Crippen LogP contribution is 2.33. The van der Waals surface area contributed by atoms with Crippen molar-refractivity contribution in [1.82, 2.24) is 0 Å². The molecule has 1 heterocycles. The molecule has 14 heavy (non-hydrogen) atoms. The molecule has 0 aromatic heterocycles. The number of carbonyl (C=O) groups excluding carboxylic acids is 1. The highest BCUT2D eigenvalue weighted by Gasteiger charge is 2.25. The molecule has 74 valence electrons. The normalized spacial score (nSPS) is 26.3. The second-order valence-corrected chi connectivity index (χ2v) is 3.64. The van der Waals surface area contributed by atoms with E-state index in [1.165, 1.54) is 5.56 Å². The van der Waals surface area contributed by atoms with Crippen LogP contribution in [-0.2, 0) is 9.53 Å². The van der Waals surface area contributed by atoms with Gasteiger partial charge in [-0.25, -0.2) is 0 Å². The predicted octanol–water partition coefficient (Wildman–Crippen LogP) is 2.50. The van der Waals surface area contributed by atoms with Crippen molar-refractivity contribution in [2.75, 3.05) is 0 Å². The van der Waals surface area contributed by atoms with Gasteiger partial charge in [-0.05, 0) is 18.4 Å². The van der Waals surface area contributed by atoms with Crippen LogP contribution in [0.15, 0.2) is 30.3 Å². The lowest BCUT2D eigenvalue weighted by molar-refractivity contribution is -0.110. The molecule has 1 aromatic rings. The van der Waals surface area contributed by atoms with Crippen molar-refractivity contribution in [1.29, 1.82) is 0 Å². The molecule has 1 aromatic carbocycles.